The van der Waals surface area contributed by atoms with Gasteiger partial charge in [0, 0.05) is 0 Å². The van der Waals surface area contributed by atoms with Crippen LogP contribution in [0.3, 0.4) is 0 Å². The molecule has 1 aromatic rings. The lowest BCUT2D eigenvalue weighted by Crippen LogP contribution is -2.10. The summed E-state index contributed by atoms with van der Waals surface area (Å²) in [5.74, 6) is -0.888. The van der Waals surface area contributed by atoms with Gasteiger partial charge in [-0.2, -0.15) is 0 Å². The maximum Gasteiger partial charge on any atom is 0.364 e. The highest BCUT2D eigenvalue weighted by molar-refractivity contribution is 5.91. The van der Waals surface area contributed by atoms with Crippen LogP contribution in [0.25, 0.3) is 0 Å². The first kappa shape index (κ1) is 8.47. The Bertz CT molecular complexity index is 271. The monoisotopic (exact) mass is 173 g/mol. The molecule has 1 heterocycles. The number of aliphatic hydroxyl groups is 1. The number of anilines is 1. The van der Waals surface area contributed by atoms with Gasteiger partial charge in [0.1, 0.15) is 6.61 Å². The molecule has 0 unspecified atom stereocenters. The summed E-state index contributed by atoms with van der Waals surface area (Å²) in [6.45, 7) is -0.359. The Labute approximate surface area is 67.1 Å². The Hall–Kier alpha value is -1.63. The molecule has 66 valence electrons. The summed E-state index contributed by atoms with van der Waals surface area (Å²) in [5.41, 5.74) is 5.01. The number of carbonyl (C=O) groups excluding carboxylic acids is 1. The van der Waals surface area contributed by atoms with Gasteiger partial charge in [-0.15, -0.1) is 0 Å². The van der Waals surface area contributed by atoms with Gasteiger partial charge in [-0.1, -0.05) is 0 Å². The van der Waals surface area contributed by atoms with Crippen LogP contribution in [-0.2, 0) is 4.74 Å². The Morgan fingerprint density at radius 3 is 2.92 bits per heavy atom. The van der Waals surface area contributed by atoms with Crippen LogP contribution in [0.2, 0.25) is 0 Å². The van der Waals surface area contributed by atoms with Gasteiger partial charge in [0.15, 0.2) is 0 Å². The summed E-state index contributed by atoms with van der Waals surface area (Å²) < 4.78 is 8.64. The maximum atomic E-state index is 10.9. The van der Waals surface area contributed by atoms with Crippen molar-refractivity contribution in [1.29, 1.82) is 0 Å². The fourth-order valence-electron chi connectivity index (χ4n) is 0.544. The van der Waals surface area contributed by atoms with Crippen molar-refractivity contribution < 1.29 is 19.3 Å². The second-order valence-electron chi connectivity index (χ2n) is 1.86. The standard InChI is InChI=1S/C5H7N3O4/c6-4-3(7-12-8-4)5(10)11-2-1-9/h9H,1-2H2,(H2,6,8). The largest absolute Gasteiger partial charge is 0.458 e. The van der Waals surface area contributed by atoms with E-state index in [1.54, 1.807) is 0 Å². The zero-order valence-electron chi connectivity index (χ0n) is 6.06. The summed E-state index contributed by atoms with van der Waals surface area (Å²) in [6, 6.07) is 0. The normalized spacial score (nSPS) is 9.75. The first-order chi connectivity index (χ1) is 5.75. The lowest BCUT2D eigenvalue weighted by atomic mass is 10.4. The molecule has 0 atom stereocenters. The molecule has 0 saturated carbocycles. The minimum absolute atomic E-state index is 0.106. The summed E-state index contributed by atoms with van der Waals surface area (Å²) in [7, 11) is 0. The Kier molecular flexibility index (Phi) is 2.59. The number of carbonyl (C=O) groups is 1. The molecule has 7 nitrogen and oxygen atoms in total. The van der Waals surface area contributed by atoms with Gasteiger partial charge >= 0.3 is 5.97 Å². The third-order valence-electron chi connectivity index (χ3n) is 1.03. The fourth-order valence-corrected chi connectivity index (χ4v) is 0.544. The van der Waals surface area contributed by atoms with Gasteiger partial charge in [0.05, 0.1) is 6.61 Å². The van der Waals surface area contributed by atoms with Crippen molar-refractivity contribution >= 4 is 11.8 Å². The molecule has 0 aliphatic carbocycles. The van der Waals surface area contributed by atoms with Crippen molar-refractivity contribution in [1.82, 2.24) is 10.3 Å². The van der Waals surface area contributed by atoms with Gasteiger partial charge < -0.3 is 15.6 Å². The number of nitrogen functional groups attached to an aromatic ring is 1. The molecule has 0 aromatic carbocycles. The van der Waals surface area contributed by atoms with E-state index in [2.05, 4.69) is 19.7 Å². The van der Waals surface area contributed by atoms with Crippen LogP contribution in [0.1, 0.15) is 10.5 Å². The average Bonchev–Trinajstić information content (AvgIpc) is 2.47. The summed E-state index contributed by atoms with van der Waals surface area (Å²) >= 11 is 0. The van der Waals surface area contributed by atoms with Crippen molar-refractivity contribution in [3.8, 4) is 0 Å². The minimum Gasteiger partial charge on any atom is -0.458 e. The molecule has 12 heavy (non-hydrogen) atoms. The number of aromatic nitrogens is 2. The van der Waals surface area contributed by atoms with Crippen LogP contribution in [0.5, 0.6) is 0 Å². The van der Waals surface area contributed by atoms with Crippen LogP contribution >= 0.6 is 0 Å². The number of rotatable bonds is 3. The van der Waals surface area contributed by atoms with Crippen LogP contribution in [0, 0.1) is 0 Å². The van der Waals surface area contributed by atoms with Gasteiger partial charge in [0.25, 0.3) is 0 Å². The van der Waals surface area contributed by atoms with Gasteiger partial charge in [0.2, 0.25) is 11.5 Å². The van der Waals surface area contributed by atoms with Crippen LogP contribution in [-0.4, -0.2) is 34.6 Å². The number of ether oxygens (including phenoxy) is 1. The number of nitrogens with zero attached hydrogens (tertiary/aromatic N) is 2. The van der Waals surface area contributed by atoms with Crippen molar-refractivity contribution in [2.45, 2.75) is 0 Å². The quantitative estimate of drug-likeness (QED) is 0.552. The molecule has 7 heteroatoms. The highest BCUT2D eigenvalue weighted by Gasteiger charge is 2.16. The summed E-state index contributed by atoms with van der Waals surface area (Å²) in [6.07, 6.45) is 0. The second kappa shape index (κ2) is 3.67. The van der Waals surface area contributed by atoms with E-state index >= 15 is 0 Å². The smallest absolute Gasteiger partial charge is 0.364 e. The molecule has 0 aliphatic heterocycles. The van der Waals surface area contributed by atoms with E-state index in [1.807, 2.05) is 0 Å². The lowest BCUT2D eigenvalue weighted by Gasteiger charge is -1.97. The van der Waals surface area contributed by atoms with E-state index in [-0.39, 0.29) is 24.7 Å². The molecule has 0 bridgehead atoms. The first-order valence-corrected chi connectivity index (χ1v) is 3.11. The van der Waals surface area contributed by atoms with Gasteiger partial charge in [-0.3, -0.25) is 0 Å². The van der Waals surface area contributed by atoms with E-state index in [0.29, 0.717) is 0 Å². The molecule has 1 rings (SSSR count). The van der Waals surface area contributed by atoms with Crippen molar-refractivity contribution in [3.05, 3.63) is 5.69 Å². The molecule has 3 N–H and O–H groups in total. The second-order valence-corrected chi connectivity index (χ2v) is 1.86. The van der Waals surface area contributed by atoms with Crippen molar-refractivity contribution in [3.63, 3.8) is 0 Å². The summed E-state index contributed by atoms with van der Waals surface area (Å²) in [4.78, 5) is 10.9. The number of hydrogen-bond donors (Lipinski definition) is 2. The molecule has 0 aliphatic rings. The number of esters is 1. The number of hydrogen-bond acceptors (Lipinski definition) is 7. The topological polar surface area (TPSA) is 111 Å². The number of nitrogens with two attached hydrogens (primary N) is 1. The van der Waals surface area contributed by atoms with E-state index in [1.165, 1.54) is 0 Å². The molecule has 0 radical (unpaired) electrons. The predicted octanol–water partition coefficient (Wildman–Crippen LogP) is -1.20. The van der Waals surface area contributed by atoms with Crippen LogP contribution < -0.4 is 5.73 Å². The third-order valence-corrected chi connectivity index (χ3v) is 1.03. The highest BCUT2D eigenvalue weighted by Crippen LogP contribution is 2.04. The number of aliphatic hydroxyl groups excluding tert-OH is 1. The molecular formula is C5H7N3O4. The zero-order valence-corrected chi connectivity index (χ0v) is 6.06. The molecule has 0 saturated heterocycles. The van der Waals surface area contributed by atoms with Crippen LogP contribution in [0.15, 0.2) is 4.63 Å². The van der Waals surface area contributed by atoms with E-state index in [0.717, 1.165) is 0 Å². The molecular weight excluding hydrogens is 166 g/mol. The first-order valence-electron chi connectivity index (χ1n) is 3.11. The maximum absolute atomic E-state index is 10.9. The van der Waals surface area contributed by atoms with Gasteiger partial charge in [-0.05, 0) is 10.3 Å². The molecule has 0 amide bonds. The SMILES string of the molecule is Nc1nonc1C(=O)OCCO. The van der Waals surface area contributed by atoms with Crippen LogP contribution in [0.4, 0.5) is 5.82 Å². The van der Waals surface area contributed by atoms with Crippen molar-refractivity contribution in [2.24, 2.45) is 0 Å². The average molecular weight is 173 g/mol. The van der Waals surface area contributed by atoms with E-state index in [4.69, 9.17) is 10.8 Å². The zero-order chi connectivity index (χ0) is 8.97. The van der Waals surface area contributed by atoms with Crippen molar-refractivity contribution in [2.75, 3.05) is 18.9 Å². The third kappa shape index (κ3) is 1.70. The van der Waals surface area contributed by atoms with E-state index in [9.17, 15) is 4.79 Å². The Morgan fingerprint density at radius 2 is 2.42 bits per heavy atom. The lowest BCUT2D eigenvalue weighted by molar-refractivity contribution is 0.0422. The highest BCUT2D eigenvalue weighted by atomic mass is 16.6. The molecule has 1 aromatic heterocycles. The molecule has 0 fully saturated rings. The van der Waals surface area contributed by atoms with Gasteiger partial charge in [-0.25, -0.2) is 9.42 Å². The fraction of sp³-hybridized carbons (Fsp3) is 0.400. The predicted molar refractivity (Wildman–Crippen MR) is 36.1 cm³/mol. The minimum atomic E-state index is -0.761. The molecule has 0 spiro atoms. The van der Waals surface area contributed by atoms with E-state index < -0.39 is 5.97 Å². The summed E-state index contributed by atoms with van der Waals surface area (Å²) in [5, 5.41) is 14.7. The Balaban J connectivity index is 2.59. The Morgan fingerprint density at radius 1 is 1.67 bits per heavy atom.